The molecule has 0 bridgehead atoms. The van der Waals surface area contributed by atoms with Gasteiger partial charge in [0.05, 0.1) is 0 Å². The second-order valence-corrected chi connectivity index (χ2v) is 4.39. The third-order valence-corrected chi connectivity index (χ3v) is 3.23. The van der Waals surface area contributed by atoms with E-state index < -0.39 is 0 Å². The zero-order valence-corrected chi connectivity index (χ0v) is 9.80. The van der Waals surface area contributed by atoms with Gasteiger partial charge < -0.3 is 10.2 Å². The topological polar surface area (TPSA) is 15.3 Å². The van der Waals surface area contributed by atoms with Crippen molar-refractivity contribution in [3.05, 3.63) is 34.9 Å². The first-order chi connectivity index (χ1) is 7.29. The summed E-state index contributed by atoms with van der Waals surface area (Å²) in [5.41, 5.74) is 1.33. The number of rotatable bonds is 2. The maximum atomic E-state index is 5.88. The largest absolute Gasteiger partial charge is 0.308 e. The molecule has 0 aromatic heterocycles. The van der Waals surface area contributed by atoms with E-state index in [1.54, 1.807) is 0 Å². The number of hydrogen-bond acceptors (Lipinski definition) is 2. The molecule has 0 saturated carbocycles. The summed E-state index contributed by atoms with van der Waals surface area (Å²) in [5, 5.41) is 4.34. The summed E-state index contributed by atoms with van der Waals surface area (Å²) in [4.78, 5) is 2.47. The zero-order chi connectivity index (χ0) is 10.7. The molecule has 1 aromatic carbocycles. The minimum absolute atomic E-state index is 0.455. The van der Waals surface area contributed by atoms with Crippen LogP contribution in [0.4, 0.5) is 0 Å². The van der Waals surface area contributed by atoms with Gasteiger partial charge in [-0.1, -0.05) is 30.7 Å². The van der Waals surface area contributed by atoms with Crippen LogP contribution in [0.5, 0.6) is 0 Å². The standard InChI is InChI=1S/C12H17ClN2/c1-2-15-8-7-14-12(9-15)10-3-5-11(13)6-4-10/h3-6,12,14H,2,7-9H2,1H3. The van der Waals surface area contributed by atoms with Gasteiger partial charge in [-0.05, 0) is 24.2 Å². The van der Waals surface area contributed by atoms with Crippen molar-refractivity contribution in [3.63, 3.8) is 0 Å². The van der Waals surface area contributed by atoms with Crippen molar-refractivity contribution in [1.29, 1.82) is 0 Å². The Labute approximate surface area is 96.2 Å². The van der Waals surface area contributed by atoms with Crippen LogP contribution in [0.25, 0.3) is 0 Å². The Bertz CT molecular complexity index is 310. The monoisotopic (exact) mass is 224 g/mol. The fourth-order valence-corrected chi connectivity index (χ4v) is 2.14. The van der Waals surface area contributed by atoms with Crippen LogP contribution in [0, 0.1) is 0 Å². The molecule has 0 amide bonds. The van der Waals surface area contributed by atoms with Crippen LogP contribution >= 0.6 is 11.6 Å². The Hall–Kier alpha value is -0.570. The van der Waals surface area contributed by atoms with Gasteiger partial charge >= 0.3 is 0 Å². The van der Waals surface area contributed by atoms with Crippen LogP contribution in [0.1, 0.15) is 18.5 Å². The number of halogens is 1. The smallest absolute Gasteiger partial charge is 0.0449 e. The molecule has 82 valence electrons. The van der Waals surface area contributed by atoms with Gasteiger partial charge in [0, 0.05) is 30.7 Å². The van der Waals surface area contributed by atoms with Crippen molar-refractivity contribution in [3.8, 4) is 0 Å². The quantitative estimate of drug-likeness (QED) is 0.830. The number of benzene rings is 1. The van der Waals surface area contributed by atoms with E-state index in [0.29, 0.717) is 6.04 Å². The number of hydrogen-bond donors (Lipinski definition) is 1. The van der Waals surface area contributed by atoms with Crippen molar-refractivity contribution < 1.29 is 0 Å². The molecule has 1 aliphatic heterocycles. The minimum atomic E-state index is 0.455. The zero-order valence-electron chi connectivity index (χ0n) is 9.04. The molecule has 1 atom stereocenters. The predicted molar refractivity (Wildman–Crippen MR) is 64.3 cm³/mol. The molecule has 15 heavy (non-hydrogen) atoms. The first-order valence-corrected chi connectivity index (χ1v) is 5.88. The Balaban J connectivity index is 2.06. The molecule has 1 N–H and O–H groups in total. The minimum Gasteiger partial charge on any atom is -0.308 e. The lowest BCUT2D eigenvalue weighted by atomic mass is 10.0. The third-order valence-electron chi connectivity index (χ3n) is 2.98. The molecule has 1 unspecified atom stereocenters. The summed E-state index contributed by atoms with van der Waals surface area (Å²) < 4.78 is 0. The van der Waals surface area contributed by atoms with Crippen LogP contribution in [-0.2, 0) is 0 Å². The maximum Gasteiger partial charge on any atom is 0.0449 e. The normalized spacial score (nSPS) is 22.9. The average molecular weight is 225 g/mol. The lowest BCUT2D eigenvalue weighted by Gasteiger charge is -2.33. The van der Waals surface area contributed by atoms with E-state index in [1.165, 1.54) is 5.56 Å². The predicted octanol–water partition coefficient (Wildman–Crippen LogP) is 2.31. The summed E-state index contributed by atoms with van der Waals surface area (Å²) in [7, 11) is 0. The van der Waals surface area contributed by atoms with E-state index in [2.05, 4.69) is 29.3 Å². The lowest BCUT2D eigenvalue weighted by molar-refractivity contribution is 0.210. The molecular weight excluding hydrogens is 208 g/mol. The summed E-state index contributed by atoms with van der Waals surface area (Å²) in [6.45, 7) is 6.66. The maximum absolute atomic E-state index is 5.88. The number of nitrogens with zero attached hydrogens (tertiary/aromatic N) is 1. The second kappa shape index (κ2) is 4.97. The molecule has 0 aliphatic carbocycles. The fourth-order valence-electron chi connectivity index (χ4n) is 2.02. The van der Waals surface area contributed by atoms with E-state index in [-0.39, 0.29) is 0 Å². The SMILES string of the molecule is CCN1CCNC(c2ccc(Cl)cc2)C1. The Morgan fingerprint density at radius 1 is 1.40 bits per heavy atom. The van der Waals surface area contributed by atoms with Gasteiger partial charge in [0.15, 0.2) is 0 Å². The van der Waals surface area contributed by atoms with Crippen LogP contribution in [0.15, 0.2) is 24.3 Å². The molecule has 0 spiro atoms. The van der Waals surface area contributed by atoms with Crippen molar-refractivity contribution >= 4 is 11.6 Å². The Kier molecular flexibility index (Phi) is 3.62. The van der Waals surface area contributed by atoms with Gasteiger partial charge in [0.2, 0.25) is 0 Å². The van der Waals surface area contributed by atoms with Crippen LogP contribution in [0.2, 0.25) is 5.02 Å². The summed E-state index contributed by atoms with van der Waals surface area (Å²) in [6, 6.07) is 8.60. The molecule has 1 heterocycles. The second-order valence-electron chi connectivity index (χ2n) is 3.95. The van der Waals surface area contributed by atoms with Crippen LogP contribution < -0.4 is 5.32 Å². The van der Waals surface area contributed by atoms with E-state index in [1.807, 2.05) is 12.1 Å². The highest BCUT2D eigenvalue weighted by Crippen LogP contribution is 2.19. The molecule has 2 nitrogen and oxygen atoms in total. The van der Waals surface area contributed by atoms with E-state index in [0.717, 1.165) is 31.2 Å². The average Bonchev–Trinajstić information content (AvgIpc) is 2.30. The first-order valence-electron chi connectivity index (χ1n) is 5.51. The molecule has 1 saturated heterocycles. The molecular formula is C12H17ClN2. The molecule has 1 fully saturated rings. The molecule has 1 aliphatic rings. The third kappa shape index (κ3) is 2.71. The van der Waals surface area contributed by atoms with Gasteiger partial charge in [0.1, 0.15) is 0 Å². The summed E-state index contributed by atoms with van der Waals surface area (Å²) in [6.07, 6.45) is 0. The van der Waals surface area contributed by atoms with Crippen molar-refractivity contribution in [2.75, 3.05) is 26.2 Å². The molecule has 2 rings (SSSR count). The van der Waals surface area contributed by atoms with Crippen LogP contribution in [-0.4, -0.2) is 31.1 Å². The lowest BCUT2D eigenvalue weighted by Crippen LogP contribution is -2.45. The summed E-state index contributed by atoms with van der Waals surface area (Å²) >= 11 is 5.88. The fraction of sp³-hybridized carbons (Fsp3) is 0.500. The van der Waals surface area contributed by atoms with E-state index in [4.69, 9.17) is 11.6 Å². The molecule has 3 heteroatoms. The highest BCUT2D eigenvalue weighted by Gasteiger charge is 2.18. The van der Waals surface area contributed by atoms with Gasteiger partial charge in [-0.15, -0.1) is 0 Å². The number of likely N-dealkylation sites (N-methyl/N-ethyl adjacent to an activating group) is 1. The number of piperazine rings is 1. The van der Waals surface area contributed by atoms with E-state index in [9.17, 15) is 0 Å². The van der Waals surface area contributed by atoms with Crippen molar-refractivity contribution in [1.82, 2.24) is 10.2 Å². The van der Waals surface area contributed by atoms with Gasteiger partial charge in [-0.25, -0.2) is 0 Å². The van der Waals surface area contributed by atoms with Crippen molar-refractivity contribution in [2.45, 2.75) is 13.0 Å². The Morgan fingerprint density at radius 3 is 2.80 bits per heavy atom. The van der Waals surface area contributed by atoms with Crippen LogP contribution in [0.3, 0.4) is 0 Å². The molecule has 1 aromatic rings. The van der Waals surface area contributed by atoms with Crippen molar-refractivity contribution in [2.24, 2.45) is 0 Å². The molecule has 0 radical (unpaired) electrons. The van der Waals surface area contributed by atoms with Gasteiger partial charge in [-0.2, -0.15) is 0 Å². The van der Waals surface area contributed by atoms with Gasteiger partial charge in [-0.3, -0.25) is 0 Å². The first kappa shape index (κ1) is 10.9. The van der Waals surface area contributed by atoms with E-state index >= 15 is 0 Å². The highest BCUT2D eigenvalue weighted by atomic mass is 35.5. The highest BCUT2D eigenvalue weighted by molar-refractivity contribution is 6.30. The Morgan fingerprint density at radius 2 is 2.13 bits per heavy atom. The summed E-state index contributed by atoms with van der Waals surface area (Å²) in [5.74, 6) is 0. The number of nitrogens with one attached hydrogen (secondary N) is 1. The van der Waals surface area contributed by atoms with Gasteiger partial charge in [0.25, 0.3) is 0 Å².